The molecule has 3 rings (SSSR count). The number of carbonyl (C=O) groups excluding carboxylic acids is 1. The van der Waals surface area contributed by atoms with E-state index in [2.05, 4.69) is 39.8 Å². The standard InChI is InChI=1S/C17H17N3OS2/c21-15(12-14-9-5-11-22-14)18-17-20-19-16(23-17)10-4-8-13-6-2-1-3-7-13/h1-3,5-7,9,11H,4,8,10,12H2,(H,18,20,21). The molecular weight excluding hydrogens is 326 g/mol. The minimum Gasteiger partial charge on any atom is -0.300 e. The minimum absolute atomic E-state index is 0.0422. The smallest absolute Gasteiger partial charge is 0.231 e. The second-order valence-electron chi connectivity index (χ2n) is 5.14. The molecule has 2 heterocycles. The minimum atomic E-state index is -0.0422. The molecule has 6 heteroatoms. The summed E-state index contributed by atoms with van der Waals surface area (Å²) in [4.78, 5) is 13.0. The van der Waals surface area contributed by atoms with Crippen molar-refractivity contribution in [3.05, 3.63) is 63.3 Å². The average Bonchev–Trinajstić information content (AvgIpc) is 3.20. The molecule has 0 radical (unpaired) electrons. The molecule has 3 aromatic rings. The van der Waals surface area contributed by atoms with Crippen molar-refractivity contribution in [3.63, 3.8) is 0 Å². The summed E-state index contributed by atoms with van der Waals surface area (Å²) in [5, 5.41) is 14.5. The summed E-state index contributed by atoms with van der Waals surface area (Å²) < 4.78 is 0. The predicted molar refractivity (Wildman–Crippen MR) is 95.0 cm³/mol. The first-order valence-corrected chi connectivity index (χ1v) is 9.18. The van der Waals surface area contributed by atoms with Crippen molar-refractivity contribution in [1.82, 2.24) is 10.2 Å². The first-order chi connectivity index (χ1) is 11.3. The fourth-order valence-electron chi connectivity index (χ4n) is 2.23. The summed E-state index contributed by atoms with van der Waals surface area (Å²) in [5.74, 6) is -0.0422. The van der Waals surface area contributed by atoms with Gasteiger partial charge >= 0.3 is 0 Å². The highest BCUT2D eigenvalue weighted by Gasteiger charge is 2.09. The number of carbonyl (C=O) groups is 1. The molecule has 0 aliphatic carbocycles. The highest BCUT2D eigenvalue weighted by molar-refractivity contribution is 7.15. The maximum atomic E-state index is 11.9. The second kappa shape index (κ2) is 7.99. The lowest BCUT2D eigenvalue weighted by Gasteiger charge is -1.99. The monoisotopic (exact) mass is 343 g/mol. The number of nitrogens with one attached hydrogen (secondary N) is 1. The topological polar surface area (TPSA) is 54.9 Å². The number of hydrogen-bond donors (Lipinski definition) is 1. The fourth-order valence-corrected chi connectivity index (χ4v) is 3.73. The van der Waals surface area contributed by atoms with Gasteiger partial charge < -0.3 is 5.32 Å². The van der Waals surface area contributed by atoms with Gasteiger partial charge in [0.15, 0.2) is 0 Å². The van der Waals surface area contributed by atoms with E-state index >= 15 is 0 Å². The highest BCUT2D eigenvalue weighted by atomic mass is 32.1. The molecule has 0 unspecified atom stereocenters. The molecule has 0 saturated carbocycles. The zero-order valence-corrected chi connectivity index (χ0v) is 14.2. The van der Waals surface area contributed by atoms with Crippen molar-refractivity contribution in [2.45, 2.75) is 25.7 Å². The Morgan fingerprint density at radius 1 is 1.04 bits per heavy atom. The van der Waals surface area contributed by atoms with Crippen molar-refractivity contribution >= 4 is 33.7 Å². The number of anilines is 1. The van der Waals surface area contributed by atoms with Crippen molar-refractivity contribution in [3.8, 4) is 0 Å². The maximum Gasteiger partial charge on any atom is 0.231 e. The van der Waals surface area contributed by atoms with Gasteiger partial charge in [-0.05, 0) is 29.9 Å². The third kappa shape index (κ3) is 4.97. The molecule has 0 bridgehead atoms. The van der Waals surface area contributed by atoms with E-state index in [4.69, 9.17) is 0 Å². The molecule has 23 heavy (non-hydrogen) atoms. The number of aromatic nitrogens is 2. The van der Waals surface area contributed by atoms with E-state index < -0.39 is 0 Å². The largest absolute Gasteiger partial charge is 0.300 e. The van der Waals surface area contributed by atoms with E-state index in [1.54, 1.807) is 11.3 Å². The van der Waals surface area contributed by atoms with Gasteiger partial charge in [-0.15, -0.1) is 21.5 Å². The van der Waals surface area contributed by atoms with Gasteiger partial charge in [0.1, 0.15) is 5.01 Å². The van der Waals surface area contributed by atoms with Gasteiger partial charge in [-0.3, -0.25) is 4.79 Å². The molecule has 2 aromatic heterocycles. The van der Waals surface area contributed by atoms with E-state index in [1.165, 1.54) is 16.9 Å². The fraction of sp³-hybridized carbons (Fsp3) is 0.235. The molecule has 1 aromatic carbocycles. The van der Waals surface area contributed by atoms with E-state index in [-0.39, 0.29) is 5.91 Å². The predicted octanol–water partition coefficient (Wildman–Crippen LogP) is 3.96. The van der Waals surface area contributed by atoms with Gasteiger partial charge in [0, 0.05) is 11.3 Å². The Bertz CT molecular complexity index is 738. The Kier molecular flexibility index (Phi) is 5.50. The number of nitrogens with zero attached hydrogens (tertiary/aromatic N) is 2. The molecule has 0 fully saturated rings. The lowest BCUT2D eigenvalue weighted by Crippen LogP contribution is -2.13. The van der Waals surface area contributed by atoms with Crippen LogP contribution in [0.4, 0.5) is 5.13 Å². The van der Waals surface area contributed by atoms with E-state index in [9.17, 15) is 4.79 Å². The summed E-state index contributed by atoms with van der Waals surface area (Å²) >= 11 is 3.04. The van der Waals surface area contributed by atoms with Crippen molar-refractivity contribution in [2.75, 3.05) is 5.32 Å². The van der Waals surface area contributed by atoms with Crippen molar-refractivity contribution < 1.29 is 4.79 Å². The molecule has 1 N–H and O–H groups in total. The van der Waals surface area contributed by atoms with Crippen LogP contribution in [0.2, 0.25) is 0 Å². The van der Waals surface area contributed by atoms with Gasteiger partial charge in [0.05, 0.1) is 6.42 Å². The lowest BCUT2D eigenvalue weighted by atomic mass is 10.1. The van der Waals surface area contributed by atoms with Crippen LogP contribution < -0.4 is 5.32 Å². The zero-order chi connectivity index (χ0) is 15.9. The quantitative estimate of drug-likeness (QED) is 0.706. The summed E-state index contributed by atoms with van der Waals surface area (Å²) in [6.07, 6.45) is 3.33. The number of hydrogen-bond acceptors (Lipinski definition) is 5. The van der Waals surface area contributed by atoms with E-state index in [1.807, 2.05) is 23.6 Å². The molecule has 4 nitrogen and oxygen atoms in total. The molecule has 0 aliphatic rings. The van der Waals surface area contributed by atoms with Crippen LogP contribution in [-0.2, 0) is 24.1 Å². The molecule has 1 amide bonds. The van der Waals surface area contributed by atoms with Crippen LogP contribution in [0, 0.1) is 0 Å². The van der Waals surface area contributed by atoms with Crippen molar-refractivity contribution in [1.29, 1.82) is 0 Å². The highest BCUT2D eigenvalue weighted by Crippen LogP contribution is 2.18. The average molecular weight is 343 g/mol. The number of thiophene rings is 1. The van der Waals surface area contributed by atoms with Crippen LogP contribution in [0.1, 0.15) is 21.9 Å². The summed E-state index contributed by atoms with van der Waals surface area (Å²) in [5.41, 5.74) is 1.33. The molecule has 0 spiro atoms. The zero-order valence-electron chi connectivity index (χ0n) is 12.6. The number of amides is 1. The second-order valence-corrected chi connectivity index (χ2v) is 7.24. The van der Waals surface area contributed by atoms with Gasteiger partial charge in [-0.25, -0.2) is 0 Å². The number of rotatable bonds is 7. The Balaban J connectivity index is 1.45. The van der Waals surface area contributed by atoms with Gasteiger partial charge in [-0.1, -0.05) is 47.7 Å². The van der Waals surface area contributed by atoms with Crippen LogP contribution >= 0.6 is 22.7 Å². The maximum absolute atomic E-state index is 11.9. The van der Waals surface area contributed by atoms with Crippen LogP contribution in [-0.4, -0.2) is 16.1 Å². The Morgan fingerprint density at radius 3 is 2.70 bits per heavy atom. The third-order valence-corrected chi connectivity index (χ3v) is 5.10. The third-order valence-electron chi connectivity index (χ3n) is 3.33. The van der Waals surface area contributed by atoms with Crippen LogP contribution in [0.3, 0.4) is 0 Å². The Morgan fingerprint density at radius 2 is 1.91 bits per heavy atom. The summed E-state index contributed by atoms with van der Waals surface area (Å²) in [7, 11) is 0. The molecule has 0 atom stereocenters. The van der Waals surface area contributed by atoms with Gasteiger partial charge in [0.25, 0.3) is 0 Å². The van der Waals surface area contributed by atoms with Crippen LogP contribution in [0.15, 0.2) is 47.8 Å². The molecular formula is C17H17N3OS2. The normalized spacial score (nSPS) is 10.6. The first kappa shape index (κ1) is 15.8. The number of aryl methyl sites for hydroxylation is 2. The van der Waals surface area contributed by atoms with E-state index in [0.717, 1.165) is 29.1 Å². The molecule has 0 saturated heterocycles. The number of benzene rings is 1. The van der Waals surface area contributed by atoms with Gasteiger partial charge in [-0.2, -0.15) is 0 Å². The van der Waals surface area contributed by atoms with Crippen molar-refractivity contribution in [2.24, 2.45) is 0 Å². The summed E-state index contributed by atoms with van der Waals surface area (Å²) in [6.45, 7) is 0. The van der Waals surface area contributed by atoms with E-state index in [0.29, 0.717) is 11.6 Å². The molecule has 0 aliphatic heterocycles. The lowest BCUT2D eigenvalue weighted by molar-refractivity contribution is -0.115. The van der Waals surface area contributed by atoms with Crippen LogP contribution in [0.5, 0.6) is 0 Å². The summed E-state index contributed by atoms with van der Waals surface area (Å²) in [6, 6.07) is 14.3. The van der Waals surface area contributed by atoms with Crippen LogP contribution in [0.25, 0.3) is 0 Å². The van der Waals surface area contributed by atoms with Gasteiger partial charge in [0.2, 0.25) is 11.0 Å². The first-order valence-electron chi connectivity index (χ1n) is 7.48. The Hall–Kier alpha value is -2.05. The SMILES string of the molecule is O=C(Cc1cccs1)Nc1nnc(CCCc2ccccc2)s1. The Labute approximate surface area is 143 Å². The molecule has 118 valence electrons.